The summed E-state index contributed by atoms with van der Waals surface area (Å²) in [6, 6.07) is 9.73. The minimum Gasteiger partial charge on any atom is -0.468 e. The second-order valence-electron chi connectivity index (χ2n) is 14.7. The van der Waals surface area contributed by atoms with Crippen LogP contribution in [0.5, 0.6) is 0 Å². The number of carbonyl (C=O) groups is 3. The van der Waals surface area contributed by atoms with Gasteiger partial charge in [-0.3, -0.25) is 14.4 Å². The number of ketones is 1. The van der Waals surface area contributed by atoms with Crippen molar-refractivity contribution in [2.75, 3.05) is 20.8 Å². The molecule has 10 heteroatoms. The number of carbonyl (C=O) groups excluding carboxylic acids is 3. The molecule has 5 atom stereocenters. The molecule has 46 heavy (non-hydrogen) atoms. The number of hydrogen-bond donors (Lipinski definition) is 1. The van der Waals surface area contributed by atoms with E-state index in [2.05, 4.69) is 47.7 Å². The molecule has 0 bridgehead atoms. The van der Waals surface area contributed by atoms with E-state index >= 15 is 0 Å². The molecule has 1 aromatic carbocycles. The highest BCUT2D eigenvalue weighted by atomic mass is 28.4. The Hall–Kier alpha value is -2.63. The summed E-state index contributed by atoms with van der Waals surface area (Å²) in [6.07, 6.45) is 2.48. The molecule has 1 aliphatic heterocycles. The molecule has 0 radical (unpaired) electrons. The Kier molecular flexibility index (Phi) is 12.0. The third-order valence-corrected chi connectivity index (χ3v) is 15.0. The van der Waals surface area contributed by atoms with Crippen LogP contribution in [0.1, 0.15) is 79.6 Å². The van der Waals surface area contributed by atoms with Crippen LogP contribution >= 0.6 is 0 Å². The van der Waals surface area contributed by atoms with Crippen molar-refractivity contribution in [3.63, 3.8) is 0 Å². The van der Waals surface area contributed by atoms with Gasteiger partial charge in [0.25, 0.3) is 0 Å². The Labute approximate surface area is 275 Å². The number of ether oxygens (including phenoxy) is 4. The van der Waals surface area contributed by atoms with Crippen LogP contribution in [0, 0.1) is 17.3 Å². The van der Waals surface area contributed by atoms with Gasteiger partial charge in [-0.15, -0.1) is 0 Å². The van der Waals surface area contributed by atoms with Crippen LogP contribution in [0.15, 0.2) is 53.6 Å². The number of hydrogen-bond acceptors (Lipinski definition) is 9. The fourth-order valence-corrected chi connectivity index (χ4v) is 7.72. The zero-order chi connectivity index (χ0) is 34.7. The number of Topliss-reactive ketones (excluding diaryl/α,β-unsaturated/α-hetero) is 1. The normalized spacial score (nSPS) is 25.7. The van der Waals surface area contributed by atoms with Crippen LogP contribution in [0.2, 0.25) is 18.1 Å². The van der Waals surface area contributed by atoms with Crippen molar-refractivity contribution in [2.24, 2.45) is 17.3 Å². The van der Waals surface area contributed by atoms with E-state index in [0.717, 1.165) is 16.7 Å². The molecule has 1 saturated heterocycles. The van der Waals surface area contributed by atoms with Crippen LogP contribution in [0.3, 0.4) is 0 Å². The number of rotatable bonds is 12. The first kappa shape index (κ1) is 37.8. The van der Waals surface area contributed by atoms with Gasteiger partial charge >= 0.3 is 11.9 Å². The molecular weight excluding hydrogens is 604 g/mol. The summed E-state index contributed by atoms with van der Waals surface area (Å²) in [5, 5.41) is 9.69. The molecule has 9 nitrogen and oxygen atoms in total. The van der Waals surface area contributed by atoms with E-state index in [4.69, 9.17) is 23.4 Å². The minimum atomic E-state index is -2.30. The number of aliphatic hydroxyl groups is 1. The topological polar surface area (TPSA) is 118 Å². The highest BCUT2D eigenvalue weighted by molar-refractivity contribution is 6.74. The molecule has 0 saturated carbocycles. The van der Waals surface area contributed by atoms with Crippen molar-refractivity contribution in [1.29, 1.82) is 0 Å². The molecule has 1 unspecified atom stereocenters. The van der Waals surface area contributed by atoms with Crippen LogP contribution in [0.4, 0.5) is 0 Å². The maximum absolute atomic E-state index is 14.0. The van der Waals surface area contributed by atoms with Gasteiger partial charge in [-0.1, -0.05) is 89.6 Å². The molecule has 256 valence electrons. The lowest BCUT2D eigenvalue weighted by Crippen LogP contribution is -2.59. The van der Waals surface area contributed by atoms with E-state index in [0.29, 0.717) is 6.42 Å². The molecule has 1 aliphatic carbocycles. The lowest BCUT2D eigenvalue weighted by molar-refractivity contribution is -0.159. The first-order valence-electron chi connectivity index (χ1n) is 16.1. The van der Waals surface area contributed by atoms with Crippen molar-refractivity contribution in [3.8, 4) is 0 Å². The van der Waals surface area contributed by atoms with E-state index in [1.54, 1.807) is 13.0 Å². The van der Waals surface area contributed by atoms with Gasteiger partial charge in [0.2, 0.25) is 0 Å². The second-order valence-corrected chi connectivity index (χ2v) is 19.4. The predicted octanol–water partition coefficient (Wildman–Crippen LogP) is 6.47. The van der Waals surface area contributed by atoms with Gasteiger partial charge in [-0.2, -0.15) is 0 Å². The van der Waals surface area contributed by atoms with Crippen LogP contribution in [0.25, 0.3) is 0 Å². The highest BCUT2D eigenvalue weighted by Crippen LogP contribution is 2.59. The summed E-state index contributed by atoms with van der Waals surface area (Å²) in [5.41, 5.74) is 1.05. The quantitative estimate of drug-likeness (QED) is 0.117. The van der Waals surface area contributed by atoms with Crippen molar-refractivity contribution < 1.29 is 42.9 Å². The SMILES string of the molecule is COC(=O)C(CC(C)C(=O)CC1=C(C)[C@H](O[Si](C)(C)C(C)(C)C)C[C@]2(O[C@@H](c3ccccc3)O[C@H]2/C=C/CO)C1(C)C)C(=O)OC. The maximum Gasteiger partial charge on any atom is 0.320 e. The minimum absolute atomic E-state index is 0.0302. The van der Waals surface area contributed by atoms with Crippen LogP contribution in [-0.2, 0) is 37.8 Å². The average Bonchev–Trinajstić information content (AvgIpc) is 3.38. The molecular formula is C36H54O9Si. The lowest BCUT2D eigenvalue weighted by Gasteiger charge is -2.54. The van der Waals surface area contributed by atoms with E-state index in [9.17, 15) is 19.5 Å². The van der Waals surface area contributed by atoms with Crippen molar-refractivity contribution in [1.82, 2.24) is 0 Å². The Morgan fingerprint density at radius 1 is 1.09 bits per heavy atom. The Bertz CT molecular complexity index is 1290. The van der Waals surface area contributed by atoms with Gasteiger partial charge < -0.3 is 28.5 Å². The van der Waals surface area contributed by atoms with Gasteiger partial charge in [0.05, 0.1) is 26.9 Å². The largest absolute Gasteiger partial charge is 0.468 e. The zero-order valence-electron chi connectivity index (χ0n) is 29.5. The number of aliphatic hydroxyl groups excluding tert-OH is 1. The molecule has 0 amide bonds. The molecule has 2 aliphatic rings. The molecule has 1 N–H and O–H groups in total. The predicted molar refractivity (Wildman–Crippen MR) is 178 cm³/mol. The van der Waals surface area contributed by atoms with E-state index in [-0.39, 0.29) is 36.4 Å². The summed E-state index contributed by atoms with van der Waals surface area (Å²) in [6.45, 7) is 18.8. The fourth-order valence-electron chi connectivity index (χ4n) is 6.39. The first-order chi connectivity index (χ1) is 21.4. The highest BCUT2D eigenvalue weighted by Gasteiger charge is 2.63. The van der Waals surface area contributed by atoms with Crippen molar-refractivity contribution >= 4 is 26.0 Å². The van der Waals surface area contributed by atoms with Gasteiger partial charge in [-0.25, -0.2) is 0 Å². The monoisotopic (exact) mass is 658 g/mol. The van der Waals surface area contributed by atoms with Gasteiger partial charge in [0.15, 0.2) is 20.5 Å². The Balaban J connectivity index is 2.13. The fraction of sp³-hybridized carbons (Fsp3) is 0.639. The summed E-state index contributed by atoms with van der Waals surface area (Å²) in [4.78, 5) is 38.8. The van der Waals surface area contributed by atoms with Gasteiger partial charge in [-0.05, 0) is 37.0 Å². The Morgan fingerprint density at radius 2 is 1.67 bits per heavy atom. The summed E-state index contributed by atoms with van der Waals surface area (Å²) in [5.74, 6) is -3.42. The summed E-state index contributed by atoms with van der Waals surface area (Å²) in [7, 11) is 0.116. The summed E-state index contributed by atoms with van der Waals surface area (Å²) < 4.78 is 30.4. The second kappa shape index (κ2) is 14.6. The molecule has 1 spiro atoms. The molecule has 1 fully saturated rings. The molecule has 0 aromatic heterocycles. The molecule has 1 heterocycles. The van der Waals surface area contributed by atoms with Gasteiger partial charge in [0.1, 0.15) is 17.5 Å². The van der Waals surface area contributed by atoms with Crippen molar-refractivity contribution in [3.05, 3.63) is 59.2 Å². The maximum atomic E-state index is 14.0. The molecule has 3 rings (SSSR count). The van der Waals surface area contributed by atoms with E-state index in [1.807, 2.05) is 43.3 Å². The standard InChI is InChI=1S/C36H54O9Si/c1-23(20-26(31(39)41-8)32(40)42-9)28(38)21-27-24(2)29(45-46(10,11)34(3,4)5)22-36(35(27,6)7)30(18-15-19-37)43-33(44-36)25-16-13-12-14-17-25/h12-18,23,26,29-30,33,37H,19-22H2,1-11H3/b18-15+/t23?,29-,30+,33+,36-/m1/s1. The van der Waals surface area contributed by atoms with E-state index in [1.165, 1.54) is 14.2 Å². The third kappa shape index (κ3) is 7.57. The lowest BCUT2D eigenvalue weighted by atomic mass is 9.58. The zero-order valence-corrected chi connectivity index (χ0v) is 30.5. The summed E-state index contributed by atoms with van der Waals surface area (Å²) >= 11 is 0. The number of esters is 2. The average molecular weight is 659 g/mol. The number of methoxy groups -OCH3 is 2. The van der Waals surface area contributed by atoms with Crippen molar-refractivity contribution in [2.45, 2.75) is 110 Å². The third-order valence-electron chi connectivity index (χ3n) is 10.5. The van der Waals surface area contributed by atoms with Gasteiger partial charge in [0, 0.05) is 29.7 Å². The number of benzene rings is 1. The van der Waals surface area contributed by atoms with E-state index < -0.39 is 55.5 Å². The first-order valence-corrected chi connectivity index (χ1v) is 19.0. The molecule has 1 aromatic rings. The Morgan fingerprint density at radius 3 is 2.20 bits per heavy atom. The van der Waals surface area contributed by atoms with Crippen LogP contribution in [-0.4, -0.2) is 69.8 Å². The van der Waals surface area contributed by atoms with Crippen LogP contribution < -0.4 is 0 Å². The smallest absolute Gasteiger partial charge is 0.320 e.